The molecular weight excluding hydrogens is 352 g/mol. The number of nitrogens with zero attached hydrogens (tertiary/aromatic N) is 1. The Bertz CT molecular complexity index is 869. The Morgan fingerprint density at radius 1 is 1.33 bits per heavy atom. The van der Waals surface area contributed by atoms with Crippen molar-refractivity contribution < 1.29 is 22.7 Å². The highest BCUT2D eigenvalue weighted by Crippen LogP contribution is 2.40. The quantitative estimate of drug-likeness (QED) is 0.828. The van der Waals surface area contributed by atoms with E-state index in [1.54, 1.807) is 12.1 Å². The molecule has 24 heavy (non-hydrogen) atoms. The molecule has 1 aromatic heterocycles. The number of carbonyl (C=O) groups excluding carboxylic acids is 1. The Labute approximate surface area is 144 Å². The average Bonchev–Trinajstić information content (AvgIpc) is 2.97. The second-order valence-corrected chi connectivity index (χ2v) is 8.28. The maximum absolute atomic E-state index is 11.8. The van der Waals surface area contributed by atoms with Gasteiger partial charge in [0.25, 0.3) is 0 Å². The molecule has 1 N–H and O–H groups in total. The number of hydrogen-bond donors (Lipinski definition) is 1. The second kappa shape index (κ2) is 6.58. The standard InChI is InChI=1S/C15H18N2O5S2/c1-21-15(18)13-9-10-12(23-13)4-3-11(16-24(2,19)20)14(10)17-5-7-22-8-6-17/h3-4,9,16H,5-8H2,1-2H3. The van der Waals surface area contributed by atoms with E-state index in [9.17, 15) is 13.2 Å². The van der Waals surface area contributed by atoms with Crippen LogP contribution in [-0.4, -0.2) is 54.1 Å². The highest BCUT2D eigenvalue weighted by Gasteiger charge is 2.22. The van der Waals surface area contributed by atoms with Crippen molar-refractivity contribution in [3.05, 3.63) is 23.1 Å². The predicted octanol–water partition coefficient (Wildman–Crippen LogP) is 1.90. The van der Waals surface area contributed by atoms with Gasteiger partial charge in [0.1, 0.15) is 4.88 Å². The van der Waals surface area contributed by atoms with Crippen LogP contribution in [-0.2, 0) is 19.5 Å². The molecule has 0 unspecified atom stereocenters. The van der Waals surface area contributed by atoms with Gasteiger partial charge in [-0.05, 0) is 18.2 Å². The van der Waals surface area contributed by atoms with Gasteiger partial charge in [-0.3, -0.25) is 4.72 Å². The SMILES string of the molecule is COC(=O)c1cc2c(N3CCOCC3)c(NS(C)(=O)=O)ccc2s1. The van der Waals surface area contributed by atoms with Crippen molar-refractivity contribution in [1.82, 2.24) is 0 Å². The van der Waals surface area contributed by atoms with Gasteiger partial charge in [0.15, 0.2) is 0 Å². The molecule has 2 aromatic rings. The highest BCUT2D eigenvalue weighted by atomic mass is 32.2. The molecule has 0 spiro atoms. The summed E-state index contributed by atoms with van der Waals surface area (Å²) in [4.78, 5) is 14.4. The average molecular weight is 370 g/mol. The third kappa shape index (κ3) is 3.47. The van der Waals surface area contributed by atoms with E-state index in [2.05, 4.69) is 9.62 Å². The number of methoxy groups -OCH3 is 1. The first-order valence-corrected chi connectivity index (χ1v) is 10.0. The van der Waals surface area contributed by atoms with Crippen LogP contribution in [0.25, 0.3) is 10.1 Å². The molecule has 1 fully saturated rings. The van der Waals surface area contributed by atoms with E-state index in [0.29, 0.717) is 36.9 Å². The van der Waals surface area contributed by atoms with Gasteiger partial charge in [0, 0.05) is 23.2 Å². The van der Waals surface area contributed by atoms with Gasteiger partial charge < -0.3 is 14.4 Å². The van der Waals surface area contributed by atoms with Crippen LogP contribution in [0.4, 0.5) is 11.4 Å². The van der Waals surface area contributed by atoms with Gasteiger partial charge in [0.2, 0.25) is 10.0 Å². The summed E-state index contributed by atoms with van der Waals surface area (Å²) in [5.74, 6) is -0.401. The van der Waals surface area contributed by atoms with Crippen molar-refractivity contribution >= 4 is 48.8 Å². The van der Waals surface area contributed by atoms with Crippen LogP contribution >= 0.6 is 11.3 Å². The van der Waals surface area contributed by atoms with Gasteiger partial charge in [0.05, 0.1) is 38.0 Å². The topological polar surface area (TPSA) is 84.9 Å². The lowest BCUT2D eigenvalue weighted by atomic mass is 10.1. The fourth-order valence-corrected chi connectivity index (χ4v) is 4.25. The molecule has 1 aliphatic heterocycles. The summed E-state index contributed by atoms with van der Waals surface area (Å²) in [6.07, 6.45) is 1.12. The van der Waals surface area contributed by atoms with E-state index in [1.807, 2.05) is 6.07 Å². The Kier molecular flexibility index (Phi) is 4.66. The molecule has 7 nitrogen and oxygen atoms in total. The Morgan fingerprint density at radius 3 is 2.67 bits per heavy atom. The normalized spacial score (nSPS) is 15.5. The van der Waals surface area contributed by atoms with E-state index < -0.39 is 16.0 Å². The zero-order chi connectivity index (χ0) is 17.3. The molecule has 130 valence electrons. The Morgan fingerprint density at radius 2 is 2.04 bits per heavy atom. The number of ether oxygens (including phenoxy) is 2. The number of fused-ring (bicyclic) bond motifs is 1. The zero-order valence-corrected chi connectivity index (χ0v) is 15.0. The van der Waals surface area contributed by atoms with Crippen molar-refractivity contribution in [2.24, 2.45) is 0 Å². The van der Waals surface area contributed by atoms with Crippen LogP contribution in [0.2, 0.25) is 0 Å². The zero-order valence-electron chi connectivity index (χ0n) is 13.4. The molecule has 2 heterocycles. The van der Waals surface area contributed by atoms with E-state index in [-0.39, 0.29) is 0 Å². The van der Waals surface area contributed by atoms with Crippen LogP contribution in [0.3, 0.4) is 0 Å². The number of hydrogen-bond acceptors (Lipinski definition) is 7. The van der Waals surface area contributed by atoms with Gasteiger partial charge in [-0.2, -0.15) is 0 Å². The fourth-order valence-electron chi connectivity index (χ4n) is 2.71. The fraction of sp³-hybridized carbons (Fsp3) is 0.400. The van der Waals surface area contributed by atoms with Crippen molar-refractivity contribution in [3.63, 3.8) is 0 Å². The summed E-state index contributed by atoms with van der Waals surface area (Å²) < 4.78 is 37.1. The molecule has 0 saturated carbocycles. The number of benzene rings is 1. The molecule has 0 bridgehead atoms. The Balaban J connectivity index is 2.17. The summed E-state index contributed by atoms with van der Waals surface area (Å²) in [6, 6.07) is 5.29. The molecule has 0 atom stereocenters. The van der Waals surface area contributed by atoms with Crippen LogP contribution in [0, 0.1) is 0 Å². The van der Waals surface area contributed by atoms with Crippen molar-refractivity contribution in [2.75, 3.05) is 49.3 Å². The number of sulfonamides is 1. The number of carbonyl (C=O) groups is 1. The van der Waals surface area contributed by atoms with Gasteiger partial charge in [-0.25, -0.2) is 13.2 Å². The number of morpholine rings is 1. The number of esters is 1. The molecule has 1 saturated heterocycles. The molecule has 1 aliphatic rings. The van der Waals surface area contributed by atoms with Crippen LogP contribution in [0.5, 0.6) is 0 Å². The third-order valence-corrected chi connectivity index (χ3v) is 5.35. The van der Waals surface area contributed by atoms with Gasteiger partial charge in [-0.15, -0.1) is 11.3 Å². The summed E-state index contributed by atoms with van der Waals surface area (Å²) in [6.45, 7) is 2.45. The molecule has 9 heteroatoms. The lowest BCUT2D eigenvalue weighted by Crippen LogP contribution is -2.36. The molecular formula is C15H18N2O5S2. The summed E-state index contributed by atoms with van der Waals surface area (Å²) >= 11 is 1.33. The number of thiophene rings is 1. The van der Waals surface area contributed by atoms with Crippen LogP contribution in [0.1, 0.15) is 9.67 Å². The maximum Gasteiger partial charge on any atom is 0.348 e. The van der Waals surface area contributed by atoms with E-state index in [0.717, 1.165) is 22.0 Å². The van der Waals surface area contributed by atoms with E-state index in [1.165, 1.54) is 18.4 Å². The summed E-state index contributed by atoms with van der Waals surface area (Å²) in [5, 5.41) is 0.830. The molecule has 1 aromatic carbocycles. The number of nitrogens with one attached hydrogen (secondary N) is 1. The monoisotopic (exact) mass is 370 g/mol. The maximum atomic E-state index is 11.8. The lowest BCUT2D eigenvalue weighted by molar-refractivity contribution is 0.0606. The molecule has 0 amide bonds. The summed E-state index contributed by atoms with van der Waals surface area (Å²) in [5.41, 5.74) is 1.27. The first-order chi connectivity index (χ1) is 11.4. The molecule has 0 aliphatic carbocycles. The van der Waals surface area contributed by atoms with Crippen molar-refractivity contribution in [2.45, 2.75) is 0 Å². The minimum absolute atomic E-state index is 0.401. The number of anilines is 2. The first kappa shape index (κ1) is 17.0. The Hall–Kier alpha value is -1.84. The summed E-state index contributed by atoms with van der Waals surface area (Å²) in [7, 11) is -2.08. The second-order valence-electron chi connectivity index (χ2n) is 5.45. The molecule has 0 radical (unpaired) electrons. The number of rotatable bonds is 4. The highest BCUT2D eigenvalue weighted by molar-refractivity contribution is 7.92. The van der Waals surface area contributed by atoms with E-state index >= 15 is 0 Å². The van der Waals surface area contributed by atoms with Crippen molar-refractivity contribution in [1.29, 1.82) is 0 Å². The smallest absolute Gasteiger partial charge is 0.348 e. The van der Waals surface area contributed by atoms with Crippen LogP contribution in [0.15, 0.2) is 18.2 Å². The minimum Gasteiger partial charge on any atom is -0.465 e. The van der Waals surface area contributed by atoms with Gasteiger partial charge in [-0.1, -0.05) is 0 Å². The van der Waals surface area contributed by atoms with E-state index in [4.69, 9.17) is 9.47 Å². The van der Waals surface area contributed by atoms with Crippen LogP contribution < -0.4 is 9.62 Å². The van der Waals surface area contributed by atoms with Crippen molar-refractivity contribution in [3.8, 4) is 0 Å². The third-order valence-electron chi connectivity index (χ3n) is 3.68. The first-order valence-electron chi connectivity index (χ1n) is 7.34. The predicted molar refractivity (Wildman–Crippen MR) is 94.7 cm³/mol. The lowest BCUT2D eigenvalue weighted by Gasteiger charge is -2.31. The largest absolute Gasteiger partial charge is 0.465 e. The van der Waals surface area contributed by atoms with Gasteiger partial charge >= 0.3 is 5.97 Å². The minimum atomic E-state index is -3.42. The molecule has 3 rings (SSSR count).